The van der Waals surface area contributed by atoms with E-state index in [1.165, 1.54) is 18.6 Å². The summed E-state index contributed by atoms with van der Waals surface area (Å²) in [7, 11) is 2.05. The van der Waals surface area contributed by atoms with E-state index in [2.05, 4.69) is 4.90 Å². The Morgan fingerprint density at radius 2 is 2.05 bits per heavy atom. The highest BCUT2D eigenvalue weighted by Crippen LogP contribution is 2.19. The summed E-state index contributed by atoms with van der Waals surface area (Å²) < 4.78 is 31.8. The van der Waals surface area contributed by atoms with Crippen LogP contribution in [0.4, 0.5) is 8.78 Å². The highest BCUT2D eigenvalue weighted by molar-refractivity contribution is 5.21. The van der Waals surface area contributed by atoms with Crippen molar-refractivity contribution >= 4 is 0 Å². The Hall–Kier alpha value is -1.04. The van der Waals surface area contributed by atoms with Crippen LogP contribution >= 0.6 is 0 Å². The molecule has 2 unspecified atom stereocenters. The zero-order valence-electron chi connectivity index (χ0n) is 12.5. The Labute approximate surface area is 125 Å². The largest absolute Gasteiger partial charge is 0.381 e. The van der Waals surface area contributed by atoms with Gasteiger partial charge in [-0.2, -0.15) is 0 Å². The molecule has 0 spiro atoms. The van der Waals surface area contributed by atoms with Crippen molar-refractivity contribution in [3.63, 3.8) is 0 Å². The number of ether oxygens (including phenoxy) is 1. The van der Waals surface area contributed by atoms with Crippen molar-refractivity contribution in [1.82, 2.24) is 4.90 Å². The van der Waals surface area contributed by atoms with Gasteiger partial charge < -0.3 is 15.4 Å². The smallest absolute Gasteiger partial charge is 0.126 e. The van der Waals surface area contributed by atoms with Crippen LogP contribution in [0.2, 0.25) is 0 Å². The summed E-state index contributed by atoms with van der Waals surface area (Å²) in [6.07, 6.45) is 3.00. The SMILES string of the molecule is CN(CCC(N)c1cc(F)cc(F)c1)CC1CCCOC1. The van der Waals surface area contributed by atoms with Crippen molar-refractivity contribution in [2.24, 2.45) is 11.7 Å². The maximum atomic E-state index is 13.2. The molecule has 0 amide bonds. The zero-order valence-corrected chi connectivity index (χ0v) is 12.5. The number of hydrogen-bond donors (Lipinski definition) is 1. The molecule has 3 nitrogen and oxygen atoms in total. The van der Waals surface area contributed by atoms with Crippen molar-refractivity contribution < 1.29 is 13.5 Å². The van der Waals surface area contributed by atoms with Gasteiger partial charge >= 0.3 is 0 Å². The van der Waals surface area contributed by atoms with E-state index < -0.39 is 11.6 Å². The Balaban J connectivity index is 1.78. The van der Waals surface area contributed by atoms with Crippen molar-refractivity contribution in [2.75, 3.05) is 33.4 Å². The van der Waals surface area contributed by atoms with Gasteiger partial charge in [0.1, 0.15) is 11.6 Å². The topological polar surface area (TPSA) is 38.5 Å². The predicted molar refractivity (Wildman–Crippen MR) is 78.9 cm³/mol. The van der Waals surface area contributed by atoms with Crippen LogP contribution in [-0.4, -0.2) is 38.3 Å². The number of hydrogen-bond acceptors (Lipinski definition) is 3. The van der Waals surface area contributed by atoms with Crippen LogP contribution in [0.5, 0.6) is 0 Å². The van der Waals surface area contributed by atoms with E-state index in [1.807, 2.05) is 7.05 Å². The van der Waals surface area contributed by atoms with Crippen molar-refractivity contribution in [1.29, 1.82) is 0 Å². The monoisotopic (exact) mass is 298 g/mol. The van der Waals surface area contributed by atoms with Gasteiger partial charge in [-0.15, -0.1) is 0 Å². The van der Waals surface area contributed by atoms with Crippen LogP contribution in [0.3, 0.4) is 0 Å². The third kappa shape index (κ3) is 5.34. The molecule has 2 atom stereocenters. The minimum atomic E-state index is -0.576. The highest BCUT2D eigenvalue weighted by Gasteiger charge is 2.16. The van der Waals surface area contributed by atoms with Crippen LogP contribution in [0.15, 0.2) is 18.2 Å². The van der Waals surface area contributed by atoms with Crippen molar-refractivity contribution in [3.8, 4) is 0 Å². The maximum absolute atomic E-state index is 13.2. The van der Waals surface area contributed by atoms with Gasteiger partial charge in [0.05, 0.1) is 6.61 Å². The Kier molecular flexibility index (Phi) is 6.08. The van der Waals surface area contributed by atoms with E-state index in [1.54, 1.807) is 0 Å². The molecule has 2 rings (SSSR count). The lowest BCUT2D eigenvalue weighted by molar-refractivity contribution is 0.0417. The molecule has 1 aliphatic heterocycles. The van der Waals surface area contributed by atoms with Gasteiger partial charge in [-0.05, 0) is 56.5 Å². The van der Waals surface area contributed by atoms with Gasteiger partial charge in [-0.25, -0.2) is 8.78 Å². The number of nitrogens with two attached hydrogens (primary N) is 1. The standard InChI is InChI=1S/C16H24F2N2O/c1-20(10-12-3-2-6-21-11-12)5-4-16(19)13-7-14(17)9-15(18)8-13/h7-9,12,16H,2-6,10-11,19H2,1H3. The van der Waals surface area contributed by atoms with Gasteiger partial charge in [-0.3, -0.25) is 0 Å². The Morgan fingerprint density at radius 1 is 1.33 bits per heavy atom. The molecule has 0 saturated carbocycles. The lowest BCUT2D eigenvalue weighted by atomic mass is 10.0. The number of halogens is 2. The van der Waals surface area contributed by atoms with Crippen molar-refractivity contribution in [3.05, 3.63) is 35.4 Å². The Bertz CT molecular complexity index is 430. The highest BCUT2D eigenvalue weighted by atomic mass is 19.1. The van der Waals surface area contributed by atoms with E-state index in [4.69, 9.17) is 10.5 Å². The lowest BCUT2D eigenvalue weighted by Crippen LogP contribution is -2.32. The van der Waals surface area contributed by atoms with E-state index in [0.29, 0.717) is 17.9 Å². The predicted octanol–water partition coefficient (Wildman–Crippen LogP) is 2.71. The van der Waals surface area contributed by atoms with E-state index in [0.717, 1.165) is 38.8 Å². The second-order valence-electron chi connectivity index (χ2n) is 5.94. The summed E-state index contributed by atoms with van der Waals surface area (Å²) in [5.41, 5.74) is 6.55. The van der Waals surface area contributed by atoms with Crippen LogP contribution < -0.4 is 5.73 Å². The second-order valence-corrected chi connectivity index (χ2v) is 5.94. The maximum Gasteiger partial charge on any atom is 0.126 e. The molecule has 1 fully saturated rings. The first-order valence-corrected chi connectivity index (χ1v) is 7.52. The average Bonchev–Trinajstić information content (AvgIpc) is 2.45. The first-order chi connectivity index (χ1) is 10.0. The fourth-order valence-electron chi connectivity index (χ4n) is 2.80. The van der Waals surface area contributed by atoms with Gasteiger partial charge in [0.2, 0.25) is 0 Å². The molecule has 1 saturated heterocycles. The van der Waals surface area contributed by atoms with Gasteiger partial charge in [0.25, 0.3) is 0 Å². The summed E-state index contributed by atoms with van der Waals surface area (Å²) in [5.74, 6) is -0.576. The van der Waals surface area contributed by atoms with Gasteiger partial charge in [-0.1, -0.05) is 0 Å². The number of nitrogens with zero attached hydrogens (tertiary/aromatic N) is 1. The van der Waals surface area contributed by atoms with Crippen molar-refractivity contribution in [2.45, 2.75) is 25.3 Å². The third-order valence-electron chi connectivity index (χ3n) is 3.96. The van der Waals surface area contributed by atoms with Crippen LogP contribution in [0.25, 0.3) is 0 Å². The molecule has 0 aromatic heterocycles. The van der Waals surface area contributed by atoms with Crippen LogP contribution in [-0.2, 0) is 4.74 Å². The molecule has 5 heteroatoms. The molecular weight excluding hydrogens is 274 g/mol. The molecule has 118 valence electrons. The van der Waals surface area contributed by atoms with Gasteiger partial charge in [0, 0.05) is 25.3 Å². The lowest BCUT2D eigenvalue weighted by Gasteiger charge is -2.27. The molecule has 0 bridgehead atoms. The molecule has 2 N–H and O–H groups in total. The van der Waals surface area contributed by atoms with Crippen LogP contribution in [0, 0.1) is 17.6 Å². The number of benzene rings is 1. The van der Waals surface area contributed by atoms with Crippen LogP contribution in [0.1, 0.15) is 30.9 Å². The molecule has 1 aromatic carbocycles. The minimum absolute atomic E-state index is 0.347. The fraction of sp³-hybridized carbons (Fsp3) is 0.625. The molecule has 21 heavy (non-hydrogen) atoms. The summed E-state index contributed by atoms with van der Waals surface area (Å²) in [6, 6.07) is 3.14. The third-order valence-corrected chi connectivity index (χ3v) is 3.96. The molecule has 1 heterocycles. The second kappa shape index (κ2) is 7.82. The van der Waals surface area contributed by atoms with E-state index >= 15 is 0 Å². The van der Waals surface area contributed by atoms with E-state index in [9.17, 15) is 8.78 Å². The first kappa shape index (κ1) is 16.3. The number of rotatable bonds is 6. The molecular formula is C16H24F2N2O. The summed E-state index contributed by atoms with van der Waals surface area (Å²) in [6.45, 7) is 3.47. The quantitative estimate of drug-likeness (QED) is 0.877. The fourth-order valence-corrected chi connectivity index (χ4v) is 2.80. The summed E-state index contributed by atoms with van der Waals surface area (Å²) in [4.78, 5) is 2.22. The van der Waals surface area contributed by atoms with E-state index in [-0.39, 0.29) is 6.04 Å². The summed E-state index contributed by atoms with van der Waals surface area (Å²) in [5, 5.41) is 0. The molecule has 1 aliphatic rings. The molecule has 0 aliphatic carbocycles. The minimum Gasteiger partial charge on any atom is -0.381 e. The summed E-state index contributed by atoms with van der Waals surface area (Å²) >= 11 is 0. The normalized spacial score (nSPS) is 20.7. The average molecular weight is 298 g/mol. The molecule has 0 radical (unpaired) electrons. The van der Waals surface area contributed by atoms with Gasteiger partial charge in [0.15, 0.2) is 0 Å². The first-order valence-electron chi connectivity index (χ1n) is 7.52. The zero-order chi connectivity index (χ0) is 15.2. The molecule has 1 aromatic rings. The Morgan fingerprint density at radius 3 is 2.67 bits per heavy atom.